The summed E-state index contributed by atoms with van der Waals surface area (Å²) in [6, 6.07) is 0. The minimum absolute atomic E-state index is 0.203. The van der Waals surface area contributed by atoms with E-state index in [1.165, 1.54) is 6.26 Å². The number of nitrogens with one attached hydrogen (secondary N) is 1. The summed E-state index contributed by atoms with van der Waals surface area (Å²) in [6.07, 6.45) is 2.51. The first-order valence-corrected chi connectivity index (χ1v) is 6.94. The fourth-order valence-electron chi connectivity index (χ4n) is 0.942. The van der Waals surface area contributed by atoms with Crippen molar-refractivity contribution in [2.75, 3.05) is 25.1 Å². The van der Waals surface area contributed by atoms with Crippen molar-refractivity contribution in [3.63, 3.8) is 0 Å². The van der Waals surface area contributed by atoms with Crippen molar-refractivity contribution in [2.45, 2.75) is 32.3 Å². The second-order valence-electron chi connectivity index (χ2n) is 4.01. The fourth-order valence-corrected chi connectivity index (χ4v) is 1.61. The number of rotatable bonds is 7. The molecule has 0 fully saturated rings. The van der Waals surface area contributed by atoms with Crippen molar-refractivity contribution in [2.24, 2.45) is 0 Å². The quantitative estimate of drug-likeness (QED) is 0.604. The van der Waals surface area contributed by atoms with Crippen LogP contribution in [-0.4, -0.2) is 44.2 Å². The van der Waals surface area contributed by atoms with E-state index in [2.05, 4.69) is 5.32 Å². The molecule has 0 radical (unpaired) electrons. The molecule has 0 aromatic carbocycles. The third kappa shape index (κ3) is 8.47. The van der Waals surface area contributed by atoms with Crippen LogP contribution < -0.4 is 5.32 Å². The molecule has 0 rings (SSSR count). The van der Waals surface area contributed by atoms with Crippen LogP contribution in [0.2, 0.25) is 0 Å². The summed E-state index contributed by atoms with van der Waals surface area (Å²) in [4.78, 5) is 0. The van der Waals surface area contributed by atoms with E-state index in [1.807, 2.05) is 6.92 Å². The van der Waals surface area contributed by atoms with Crippen molar-refractivity contribution in [3.8, 4) is 0 Å². The predicted octanol–water partition coefficient (Wildman–Crippen LogP) is 0.172. The Morgan fingerprint density at radius 1 is 1.43 bits per heavy atom. The Morgan fingerprint density at radius 3 is 2.43 bits per heavy atom. The van der Waals surface area contributed by atoms with Gasteiger partial charge in [0.1, 0.15) is 9.84 Å². The molecule has 0 amide bonds. The Balaban J connectivity index is 3.49. The van der Waals surface area contributed by atoms with Gasteiger partial charge in [-0.2, -0.15) is 0 Å². The Bertz CT molecular complexity index is 247. The molecule has 0 aliphatic rings. The summed E-state index contributed by atoms with van der Waals surface area (Å²) < 4.78 is 21.5. The fraction of sp³-hybridized carbons (Fsp3) is 1.00. The van der Waals surface area contributed by atoms with Crippen LogP contribution in [0.3, 0.4) is 0 Å². The van der Waals surface area contributed by atoms with E-state index in [0.29, 0.717) is 25.9 Å². The van der Waals surface area contributed by atoms with Crippen molar-refractivity contribution >= 4 is 9.84 Å². The molecule has 0 bridgehead atoms. The zero-order valence-corrected chi connectivity index (χ0v) is 10.0. The van der Waals surface area contributed by atoms with Crippen LogP contribution in [0, 0.1) is 0 Å². The zero-order valence-electron chi connectivity index (χ0n) is 9.21. The lowest BCUT2D eigenvalue weighted by atomic mass is 10.0. The lowest BCUT2D eigenvalue weighted by Gasteiger charge is -2.21. The molecule has 0 aromatic heterocycles. The average molecular weight is 223 g/mol. The summed E-state index contributed by atoms with van der Waals surface area (Å²) in [6.45, 7) is 4.81. The first kappa shape index (κ1) is 13.9. The number of sulfone groups is 1. The molecule has 0 aromatic rings. The van der Waals surface area contributed by atoms with Gasteiger partial charge in [-0.05, 0) is 26.3 Å². The third-order valence-electron chi connectivity index (χ3n) is 2.14. The molecule has 0 aliphatic heterocycles. The van der Waals surface area contributed by atoms with E-state index in [4.69, 9.17) is 0 Å². The SMILES string of the molecule is CCC(C)(O)CNCCCS(C)(=O)=O. The molecule has 1 unspecified atom stereocenters. The Kier molecular flexibility index (Phi) is 5.63. The summed E-state index contributed by atoms with van der Waals surface area (Å²) >= 11 is 0. The monoisotopic (exact) mass is 223 g/mol. The minimum Gasteiger partial charge on any atom is -0.389 e. The normalized spacial score (nSPS) is 16.6. The van der Waals surface area contributed by atoms with Crippen LogP contribution in [0.5, 0.6) is 0 Å². The maximum Gasteiger partial charge on any atom is 0.147 e. The predicted molar refractivity (Wildman–Crippen MR) is 58.1 cm³/mol. The highest BCUT2D eigenvalue weighted by atomic mass is 32.2. The lowest BCUT2D eigenvalue weighted by molar-refractivity contribution is 0.0561. The van der Waals surface area contributed by atoms with E-state index in [1.54, 1.807) is 6.92 Å². The summed E-state index contributed by atoms with van der Waals surface area (Å²) in [5, 5.41) is 12.6. The van der Waals surface area contributed by atoms with Gasteiger partial charge in [0.05, 0.1) is 11.4 Å². The maximum atomic E-state index is 10.8. The van der Waals surface area contributed by atoms with Crippen LogP contribution in [0.15, 0.2) is 0 Å². The van der Waals surface area contributed by atoms with Gasteiger partial charge in [-0.1, -0.05) is 6.92 Å². The summed E-state index contributed by atoms with van der Waals surface area (Å²) in [5.41, 5.74) is -0.689. The van der Waals surface area contributed by atoms with Crippen molar-refractivity contribution in [1.29, 1.82) is 0 Å². The van der Waals surface area contributed by atoms with Gasteiger partial charge in [0.15, 0.2) is 0 Å². The van der Waals surface area contributed by atoms with Gasteiger partial charge in [0.25, 0.3) is 0 Å². The van der Waals surface area contributed by atoms with E-state index in [0.717, 1.165) is 0 Å². The lowest BCUT2D eigenvalue weighted by Crippen LogP contribution is -2.37. The van der Waals surface area contributed by atoms with Gasteiger partial charge < -0.3 is 10.4 Å². The van der Waals surface area contributed by atoms with Gasteiger partial charge in [0, 0.05) is 12.8 Å². The van der Waals surface area contributed by atoms with Crippen molar-refractivity contribution in [3.05, 3.63) is 0 Å². The van der Waals surface area contributed by atoms with E-state index in [-0.39, 0.29) is 5.75 Å². The molecule has 86 valence electrons. The average Bonchev–Trinajstić information content (AvgIpc) is 2.01. The molecule has 0 spiro atoms. The van der Waals surface area contributed by atoms with Crippen LogP contribution in [0.1, 0.15) is 26.7 Å². The van der Waals surface area contributed by atoms with Crippen LogP contribution in [-0.2, 0) is 9.84 Å². The van der Waals surface area contributed by atoms with Crippen LogP contribution >= 0.6 is 0 Å². The molecule has 1 atom stereocenters. The number of hydrogen-bond donors (Lipinski definition) is 2. The van der Waals surface area contributed by atoms with E-state index < -0.39 is 15.4 Å². The Morgan fingerprint density at radius 2 is 2.00 bits per heavy atom. The first-order valence-electron chi connectivity index (χ1n) is 4.88. The smallest absolute Gasteiger partial charge is 0.147 e. The third-order valence-corrected chi connectivity index (χ3v) is 3.17. The molecule has 4 nitrogen and oxygen atoms in total. The van der Waals surface area contributed by atoms with Crippen molar-refractivity contribution < 1.29 is 13.5 Å². The molecule has 5 heteroatoms. The second kappa shape index (κ2) is 5.68. The molecule has 0 aliphatic carbocycles. The second-order valence-corrected chi connectivity index (χ2v) is 6.27. The molecule has 2 N–H and O–H groups in total. The summed E-state index contributed by atoms with van der Waals surface area (Å²) in [7, 11) is -2.85. The highest BCUT2D eigenvalue weighted by Crippen LogP contribution is 2.05. The zero-order chi connectivity index (χ0) is 11.2. The Labute approximate surface area is 86.6 Å². The van der Waals surface area contributed by atoms with Gasteiger partial charge in [-0.25, -0.2) is 8.42 Å². The molecule has 0 saturated carbocycles. The molecule has 0 heterocycles. The number of aliphatic hydroxyl groups is 1. The Hall–Kier alpha value is -0.130. The van der Waals surface area contributed by atoms with E-state index in [9.17, 15) is 13.5 Å². The van der Waals surface area contributed by atoms with Crippen LogP contribution in [0.4, 0.5) is 0 Å². The molecular weight excluding hydrogens is 202 g/mol. The van der Waals surface area contributed by atoms with Gasteiger partial charge >= 0.3 is 0 Å². The van der Waals surface area contributed by atoms with E-state index >= 15 is 0 Å². The minimum atomic E-state index is -2.85. The van der Waals surface area contributed by atoms with Gasteiger partial charge in [-0.15, -0.1) is 0 Å². The van der Waals surface area contributed by atoms with Gasteiger partial charge in [-0.3, -0.25) is 0 Å². The van der Waals surface area contributed by atoms with Crippen molar-refractivity contribution in [1.82, 2.24) is 5.32 Å². The number of hydrogen-bond acceptors (Lipinski definition) is 4. The standard InChI is InChI=1S/C9H21NO3S/c1-4-9(2,11)8-10-6-5-7-14(3,12)13/h10-11H,4-8H2,1-3H3. The largest absolute Gasteiger partial charge is 0.389 e. The topological polar surface area (TPSA) is 66.4 Å². The van der Waals surface area contributed by atoms with Gasteiger partial charge in [0.2, 0.25) is 0 Å². The molecule has 0 saturated heterocycles. The highest BCUT2D eigenvalue weighted by molar-refractivity contribution is 7.90. The molecule has 14 heavy (non-hydrogen) atoms. The highest BCUT2D eigenvalue weighted by Gasteiger charge is 2.15. The maximum absolute atomic E-state index is 10.8. The van der Waals surface area contributed by atoms with Crippen LogP contribution in [0.25, 0.3) is 0 Å². The molecular formula is C9H21NO3S. The first-order chi connectivity index (χ1) is 6.27. The summed E-state index contributed by atoms with van der Waals surface area (Å²) in [5.74, 6) is 0.203.